The van der Waals surface area contributed by atoms with Crippen LogP contribution in [-0.4, -0.2) is 30.1 Å². The van der Waals surface area contributed by atoms with E-state index in [1.54, 1.807) is 6.07 Å². The van der Waals surface area contributed by atoms with Gasteiger partial charge in [0.1, 0.15) is 0 Å². The molecule has 1 aliphatic carbocycles. The Kier molecular flexibility index (Phi) is 4.78. The summed E-state index contributed by atoms with van der Waals surface area (Å²) in [6, 6.07) is 13.7. The van der Waals surface area contributed by atoms with Crippen LogP contribution in [0.5, 0.6) is 0 Å². The first kappa shape index (κ1) is 19.1. The zero-order valence-corrected chi connectivity index (χ0v) is 15.9. The van der Waals surface area contributed by atoms with Gasteiger partial charge < -0.3 is 10.2 Å². The summed E-state index contributed by atoms with van der Waals surface area (Å²) in [5.74, 6) is -1.77. The van der Waals surface area contributed by atoms with E-state index in [2.05, 4.69) is 17.4 Å². The first-order valence-corrected chi connectivity index (χ1v) is 9.68. The van der Waals surface area contributed by atoms with Crippen LogP contribution in [-0.2, 0) is 23.2 Å². The highest BCUT2D eigenvalue weighted by Gasteiger charge is 2.45. The Morgan fingerprint density at radius 3 is 2.36 bits per heavy atom. The molecule has 0 unspecified atom stereocenters. The van der Waals surface area contributed by atoms with E-state index in [1.165, 1.54) is 5.56 Å². The van der Waals surface area contributed by atoms with E-state index >= 15 is 0 Å². The van der Waals surface area contributed by atoms with Crippen LogP contribution < -0.4 is 5.32 Å². The summed E-state index contributed by atoms with van der Waals surface area (Å²) in [7, 11) is 0. The molecule has 0 radical (unpaired) electrons. The summed E-state index contributed by atoms with van der Waals surface area (Å²) in [5.41, 5.74) is 3.61. The second-order valence-corrected chi connectivity index (χ2v) is 7.83. The molecule has 7 heteroatoms. The Bertz CT molecular complexity index is 895. The van der Waals surface area contributed by atoms with Gasteiger partial charge in [-0.25, -0.2) is 0 Å². The summed E-state index contributed by atoms with van der Waals surface area (Å²) >= 11 is 6.48. The van der Waals surface area contributed by atoms with Crippen LogP contribution in [0.25, 0.3) is 0 Å². The Hall–Kier alpha value is -2.21. The average Bonchev–Trinajstić information content (AvgIpc) is 3.47. The van der Waals surface area contributed by atoms with E-state index in [0.717, 1.165) is 34.6 Å². The van der Waals surface area contributed by atoms with Crippen molar-refractivity contribution in [3.05, 3.63) is 64.2 Å². The molecule has 1 saturated carbocycles. The van der Waals surface area contributed by atoms with Crippen LogP contribution in [0.3, 0.4) is 0 Å². The molecule has 1 fully saturated rings. The van der Waals surface area contributed by atoms with Crippen molar-refractivity contribution in [3.8, 4) is 0 Å². The summed E-state index contributed by atoms with van der Waals surface area (Å²) in [4.78, 5) is 12.5. The van der Waals surface area contributed by atoms with E-state index in [1.807, 2.05) is 24.3 Å². The lowest BCUT2D eigenvalue weighted by Crippen LogP contribution is -2.42. The van der Waals surface area contributed by atoms with Gasteiger partial charge in [-0.15, -0.1) is 0 Å². The predicted molar refractivity (Wildman–Crippen MR) is 102 cm³/mol. The molecule has 0 saturated heterocycles. The molecule has 0 atom stereocenters. The maximum Gasteiger partial charge on any atom is 0.471 e. The molecule has 0 bridgehead atoms. The molecule has 3 nitrogen and oxygen atoms in total. The van der Waals surface area contributed by atoms with Crippen molar-refractivity contribution in [2.45, 2.75) is 37.4 Å². The number of nitrogens with one attached hydrogen (secondary N) is 1. The molecule has 1 aliphatic heterocycles. The van der Waals surface area contributed by atoms with Crippen molar-refractivity contribution >= 4 is 23.2 Å². The maximum absolute atomic E-state index is 12.8. The monoisotopic (exact) mass is 408 g/mol. The third-order valence-corrected chi connectivity index (χ3v) is 5.93. The van der Waals surface area contributed by atoms with Gasteiger partial charge in [0.15, 0.2) is 0 Å². The van der Waals surface area contributed by atoms with Crippen molar-refractivity contribution < 1.29 is 18.0 Å². The lowest BCUT2D eigenvalue weighted by molar-refractivity contribution is -0.185. The highest BCUT2D eigenvalue weighted by atomic mass is 35.5. The SMILES string of the molecule is O=C(N1CCc2ccc(Cl)c(NC3(c4ccccc4)CC3)c2CC1)C(F)(F)F. The third-order valence-electron chi connectivity index (χ3n) is 5.61. The number of carbonyl (C=O) groups excluding carboxylic acids is 1. The normalized spacial score (nSPS) is 18.2. The van der Waals surface area contributed by atoms with Gasteiger partial charge >= 0.3 is 12.1 Å². The van der Waals surface area contributed by atoms with Crippen molar-refractivity contribution in [3.63, 3.8) is 0 Å². The molecule has 2 aromatic rings. The molecule has 0 spiro atoms. The van der Waals surface area contributed by atoms with Gasteiger partial charge in [-0.3, -0.25) is 4.79 Å². The Morgan fingerprint density at radius 2 is 1.71 bits per heavy atom. The topological polar surface area (TPSA) is 32.3 Å². The molecule has 1 heterocycles. The van der Waals surface area contributed by atoms with Gasteiger partial charge in [0.05, 0.1) is 16.2 Å². The lowest BCUT2D eigenvalue weighted by atomic mass is 9.98. The van der Waals surface area contributed by atoms with Gasteiger partial charge in [-0.1, -0.05) is 48.0 Å². The van der Waals surface area contributed by atoms with Crippen molar-refractivity contribution in [1.29, 1.82) is 0 Å². The lowest BCUT2D eigenvalue weighted by Gasteiger charge is -2.24. The molecule has 28 heavy (non-hydrogen) atoms. The Labute approximate surface area is 166 Å². The Balaban J connectivity index is 1.62. The predicted octanol–water partition coefficient (Wildman–Crippen LogP) is 4.93. The number of carbonyl (C=O) groups is 1. The number of hydrogen-bond acceptors (Lipinski definition) is 2. The van der Waals surface area contributed by atoms with Crippen LogP contribution in [0.15, 0.2) is 42.5 Å². The first-order valence-electron chi connectivity index (χ1n) is 9.30. The molecule has 2 aromatic carbocycles. The minimum Gasteiger partial charge on any atom is -0.374 e. The van der Waals surface area contributed by atoms with Crippen LogP contribution in [0.2, 0.25) is 5.02 Å². The van der Waals surface area contributed by atoms with Crippen molar-refractivity contribution in [2.75, 3.05) is 18.4 Å². The second kappa shape index (κ2) is 6.99. The van der Waals surface area contributed by atoms with Gasteiger partial charge in [0.2, 0.25) is 0 Å². The van der Waals surface area contributed by atoms with Crippen LogP contribution in [0.1, 0.15) is 29.5 Å². The third kappa shape index (κ3) is 3.58. The van der Waals surface area contributed by atoms with Crippen molar-refractivity contribution in [2.24, 2.45) is 0 Å². The zero-order chi connectivity index (χ0) is 19.9. The molecule has 1 amide bonds. The van der Waals surface area contributed by atoms with Gasteiger partial charge in [0, 0.05) is 13.1 Å². The number of alkyl halides is 3. The molecular formula is C21H20ClF3N2O. The summed E-state index contributed by atoms with van der Waals surface area (Å²) in [6.07, 6.45) is -2.20. The zero-order valence-electron chi connectivity index (χ0n) is 15.2. The van der Waals surface area contributed by atoms with Crippen LogP contribution >= 0.6 is 11.6 Å². The number of rotatable bonds is 3. The minimum absolute atomic E-state index is 0.0265. The molecule has 0 aromatic heterocycles. The number of amides is 1. The number of fused-ring (bicyclic) bond motifs is 1. The molecular weight excluding hydrogens is 389 g/mol. The first-order chi connectivity index (χ1) is 13.3. The minimum atomic E-state index is -4.85. The van der Waals surface area contributed by atoms with Gasteiger partial charge in [-0.2, -0.15) is 13.2 Å². The fraction of sp³-hybridized carbons (Fsp3) is 0.381. The molecule has 148 valence electrons. The smallest absolute Gasteiger partial charge is 0.374 e. The van der Waals surface area contributed by atoms with E-state index in [-0.39, 0.29) is 18.6 Å². The summed E-state index contributed by atoms with van der Waals surface area (Å²) in [6.45, 7) is 0.0783. The highest BCUT2D eigenvalue weighted by Crippen LogP contribution is 2.50. The molecule has 4 rings (SSSR count). The largest absolute Gasteiger partial charge is 0.471 e. The van der Waals surface area contributed by atoms with Crippen molar-refractivity contribution in [1.82, 2.24) is 4.90 Å². The van der Waals surface area contributed by atoms with E-state index in [0.29, 0.717) is 17.9 Å². The van der Waals surface area contributed by atoms with Gasteiger partial charge in [-0.05, 0) is 48.4 Å². The standard InChI is InChI=1S/C21H20ClF3N2O/c22-17-7-6-14-8-12-27(19(28)21(23,24)25)13-9-16(14)18(17)26-20(10-11-20)15-4-2-1-3-5-15/h1-7,26H,8-13H2. The van der Waals surface area contributed by atoms with Crippen LogP contribution in [0, 0.1) is 0 Å². The summed E-state index contributed by atoms with van der Waals surface area (Å²) < 4.78 is 38.5. The van der Waals surface area contributed by atoms with Gasteiger partial charge in [0.25, 0.3) is 0 Å². The van der Waals surface area contributed by atoms with Crippen LogP contribution in [0.4, 0.5) is 18.9 Å². The maximum atomic E-state index is 12.8. The van der Waals surface area contributed by atoms with E-state index in [4.69, 9.17) is 11.6 Å². The van der Waals surface area contributed by atoms with E-state index in [9.17, 15) is 18.0 Å². The molecule has 2 aliphatic rings. The molecule has 1 N–H and O–H groups in total. The fourth-order valence-corrected chi connectivity index (χ4v) is 4.15. The van der Waals surface area contributed by atoms with E-state index < -0.39 is 12.1 Å². The fourth-order valence-electron chi connectivity index (χ4n) is 3.92. The summed E-state index contributed by atoms with van der Waals surface area (Å²) in [5, 5.41) is 4.14. The number of nitrogens with zero attached hydrogens (tertiary/aromatic N) is 1. The number of benzene rings is 2. The second-order valence-electron chi connectivity index (χ2n) is 7.42. The number of halogens is 4. The highest BCUT2D eigenvalue weighted by molar-refractivity contribution is 6.33. The quantitative estimate of drug-likeness (QED) is 0.781. The average molecular weight is 409 g/mol. The number of anilines is 1. The number of hydrogen-bond donors (Lipinski definition) is 1. The Morgan fingerprint density at radius 1 is 1.04 bits per heavy atom.